The van der Waals surface area contributed by atoms with Crippen molar-refractivity contribution in [1.29, 1.82) is 0 Å². The molecule has 1 aromatic heterocycles. The predicted molar refractivity (Wildman–Crippen MR) is 122 cm³/mol. The third-order valence-electron chi connectivity index (χ3n) is 4.47. The summed E-state index contributed by atoms with van der Waals surface area (Å²) in [6.45, 7) is 4.68. The number of benzene rings is 2. The van der Waals surface area contributed by atoms with Gasteiger partial charge in [-0.15, -0.1) is 11.3 Å². The largest absolute Gasteiger partial charge is 0.497 e. The van der Waals surface area contributed by atoms with Crippen molar-refractivity contribution in [2.24, 2.45) is 0 Å². The first kappa shape index (κ1) is 22.4. The van der Waals surface area contributed by atoms with E-state index >= 15 is 0 Å². The third kappa shape index (κ3) is 5.44. The number of carbonyl (C=O) groups excluding carboxylic acids is 2. The maximum absolute atomic E-state index is 12.8. The molecule has 6 nitrogen and oxygen atoms in total. The molecule has 0 spiro atoms. The van der Waals surface area contributed by atoms with Gasteiger partial charge < -0.3 is 19.5 Å². The molecular formula is C24H25NO5S. The number of rotatable bonds is 9. The quantitative estimate of drug-likeness (QED) is 0.437. The third-order valence-corrected chi connectivity index (χ3v) is 5.36. The second-order valence-electron chi connectivity index (χ2n) is 6.63. The molecule has 0 aliphatic rings. The van der Waals surface area contributed by atoms with E-state index < -0.39 is 5.97 Å². The number of esters is 1. The van der Waals surface area contributed by atoms with Crippen LogP contribution in [0.2, 0.25) is 0 Å². The Morgan fingerprint density at radius 2 is 1.81 bits per heavy atom. The number of amides is 1. The second kappa shape index (κ2) is 10.6. The minimum atomic E-state index is -0.481. The van der Waals surface area contributed by atoms with Crippen LogP contribution in [0.4, 0.5) is 5.00 Å². The van der Waals surface area contributed by atoms with Gasteiger partial charge in [-0.1, -0.05) is 25.1 Å². The molecule has 0 aliphatic carbocycles. The Balaban J connectivity index is 1.91. The molecule has 3 rings (SSSR count). The van der Waals surface area contributed by atoms with Gasteiger partial charge in [0, 0.05) is 16.5 Å². The number of thiophene rings is 1. The van der Waals surface area contributed by atoms with Crippen LogP contribution < -0.4 is 14.8 Å². The van der Waals surface area contributed by atoms with E-state index in [0.717, 1.165) is 17.7 Å². The van der Waals surface area contributed by atoms with Gasteiger partial charge in [0.2, 0.25) is 0 Å². The summed E-state index contributed by atoms with van der Waals surface area (Å²) in [4.78, 5) is 25.5. The van der Waals surface area contributed by atoms with E-state index in [2.05, 4.69) is 5.32 Å². The van der Waals surface area contributed by atoms with Crippen LogP contribution in [0.3, 0.4) is 0 Å². The van der Waals surface area contributed by atoms with Crippen molar-refractivity contribution in [3.63, 3.8) is 0 Å². The van der Waals surface area contributed by atoms with E-state index in [1.807, 2.05) is 36.6 Å². The van der Waals surface area contributed by atoms with E-state index in [-0.39, 0.29) is 12.5 Å². The predicted octanol–water partition coefficient (Wildman–Crippen LogP) is 5.64. The summed E-state index contributed by atoms with van der Waals surface area (Å²) in [5.74, 6) is 0.535. The molecule has 0 unspecified atom stereocenters. The van der Waals surface area contributed by atoms with Crippen LogP contribution >= 0.6 is 11.3 Å². The number of nitrogens with one attached hydrogen (secondary N) is 1. The van der Waals surface area contributed by atoms with Crippen LogP contribution in [-0.2, 0) is 4.74 Å². The Morgan fingerprint density at radius 1 is 1.03 bits per heavy atom. The van der Waals surface area contributed by atoms with Gasteiger partial charge in [0.25, 0.3) is 5.91 Å². The van der Waals surface area contributed by atoms with Gasteiger partial charge in [0.15, 0.2) is 0 Å². The topological polar surface area (TPSA) is 73.9 Å². The Hall–Kier alpha value is -3.32. The maximum Gasteiger partial charge on any atom is 0.341 e. The monoisotopic (exact) mass is 439 g/mol. The number of anilines is 1. The molecule has 0 saturated heterocycles. The van der Waals surface area contributed by atoms with E-state index in [1.54, 1.807) is 38.3 Å². The Kier molecular flexibility index (Phi) is 7.67. The van der Waals surface area contributed by atoms with Crippen molar-refractivity contribution in [3.05, 3.63) is 65.0 Å². The Bertz CT molecular complexity index is 1040. The second-order valence-corrected chi connectivity index (χ2v) is 7.51. The summed E-state index contributed by atoms with van der Waals surface area (Å²) in [5.41, 5.74) is 2.31. The molecule has 1 N–H and O–H groups in total. The lowest BCUT2D eigenvalue weighted by molar-refractivity contribution is 0.0529. The summed E-state index contributed by atoms with van der Waals surface area (Å²) in [5, 5.41) is 5.13. The average molecular weight is 440 g/mol. The minimum absolute atomic E-state index is 0.237. The average Bonchev–Trinajstić information content (AvgIpc) is 3.21. The fraction of sp³-hybridized carbons (Fsp3) is 0.250. The van der Waals surface area contributed by atoms with E-state index in [0.29, 0.717) is 34.0 Å². The first-order valence-corrected chi connectivity index (χ1v) is 10.9. The number of hydrogen-bond donors (Lipinski definition) is 1. The molecule has 1 heterocycles. The van der Waals surface area contributed by atoms with Crippen LogP contribution in [0.15, 0.2) is 53.9 Å². The van der Waals surface area contributed by atoms with Gasteiger partial charge in [0.05, 0.1) is 20.3 Å². The fourth-order valence-corrected chi connectivity index (χ4v) is 3.91. The van der Waals surface area contributed by atoms with E-state index in [1.165, 1.54) is 11.3 Å². The lowest BCUT2D eigenvalue weighted by atomic mass is 10.0. The molecule has 0 saturated carbocycles. The first-order valence-electron chi connectivity index (χ1n) is 10.0. The molecule has 31 heavy (non-hydrogen) atoms. The zero-order chi connectivity index (χ0) is 22.2. The van der Waals surface area contributed by atoms with Crippen LogP contribution in [0, 0.1) is 0 Å². The van der Waals surface area contributed by atoms with E-state index in [4.69, 9.17) is 14.2 Å². The zero-order valence-electron chi connectivity index (χ0n) is 17.8. The summed E-state index contributed by atoms with van der Waals surface area (Å²) in [6.07, 6.45) is 0.926. The van der Waals surface area contributed by atoms with Gasteiger partial charge in [-0.05, 0) is 49.2 Å². The highest BCUT2D eigenvalue weighted by atomic mass is 32.1. The zero-order valence-corrected chi connectivity index (χ0v) is 18.6. The Labute approximate surface area is 185 Å². The highest BCUT2D eigenvalue weighted by molar-refractivity contribution is 7.15. The molecule has 1 amide bonds. The number of methoxy groups -OCH3 is 1. The van der Waals surface area contributed by atoms with Gasteiger partial charge >= 0.3 is 5.97 Å². The molecular weight excluding hydrogens is 414 g/mol. The first-order chi connectivity index (χ1) is 15.1. The molecule has 7 heteroatoms. The Morgan fingerprint density at radius 3 is 2.48 bits per heavy atom. The van der Waals surface area contributed by atoms with Crippen LogP contribution in [0.1, 0.15) is 41.0 Å². The number of hydrogen-bond acceptors (Lipinski definition) is 6. The number of carbonyl (C=O) groups is 2. The van der Waals surface area contributed by atoms with Crippen molar-refractivity contribution in [1.82, 2.24) is 0 Å². The highest BCUT2D eigenvalue weighted by Gasteiger charge is 2.23. The van der Waals surface area contributed by atoms with Crippen molar-refractivity contribution < 1.29 is 23.8 Å². The summed E-state index contributed by atoms with van der Waals surface area (Å²) in [7, 11) is 1.54. The molecule has 162 valence electrons. The van der Waals surface area contributed by atoms with Crippen molar-refractivity contribution >= 4 is 28.2 Å². The normalized spacial score (nSPS) is 10.4. The smallest absolute Gasteiger partial charge is 0.341 e. The van der Waals surface area contributed by atoms with E-state index in [9.17, 15) is 9.59 Å². The SMILES string of the molecule is CCCOc1ccc(-c2csc(NC(=O)c3cccc(OC)c3)c2C(=O)OCC)cc1. The molecule has 3 aromatic rings. The molecule has 0 fully saturated rings. The van der Waals surface area contributed by atoms with Crippen LogP contribution in [0.5, 0.6) is 11.5 Å². The van der Waals surface area contributed by atoms with Crippen molar-refractivity contribution in [2.75, 3.05) is 25.6 Å². The van der Waals surface area contributed by atoms with Gasteiger partial charge in [0.1, 0.15) is 22.1 Å². The van der Waals surface area contributed by atoms with Crippen LogP contribution in [0.25, 0.3) is 11.1 Å². The lowest BCUT2D eigenvalue weighted by Crippen LogP contribution is -2.14. The maximum atomic E-state index is 12.8. The van der Waals surface area contributed by atoms with Gasteiger partial charge in [-0.2, -0.15) is 0 Å². The van der Waals surface area contributed by atoms with Gasteiger partial charge in [-0.3, -0.25) is 4.79 Å². The summed E-state index contributed by atoms with van der Waals surface area (Å²) >= 11 is 1.28. The van der Waals surface area contributed by atoms with Crippen molar-refractivity contribution in [2.45, 2.75) is 20.3 Å². The minimum Gasteiger partial charge on any atom is -0.497 e. The molecule has 0 atom stereocenters. The van der Waals surface area contributed by atoms with Gasteiger partial charge in [-0.25, -0.2) is 4.79 Å². The van der Waals surface area contributed by atoms with Crippen molar-refractivity contribution in [3.8, 4) is 22.6 Å². The molecule has 0 radical (unpaired) electrons. The standard InChI is InChI=1S/C24H25NO5S/c1-4-13-30-18-11-9-16(10-12-18)20-15-31-23(21(20)24(27)29-5-2)25-22(26)17-7-6-8-19(14-17)28-3/h6-12,14-15H,4-5,13H2,1-3H3,(H,25,26). The molecule has 0 bridgehead atoms. The molecule has 0 aliphatic heterocycles. The highest BCUT2D eigenvalue weighted by Crippen LogP contribution is 2.37. The lowest BCUT2D eigenvalue weighted by Gasteiger charge is -2.10. The van der Waals surface area contributed by atoms with Crippen LogP contribution in [-0.4, -0.2) is 32.2 Å². The number of ether oxygens (including phenoxy) is 3. The molecule has 2 aromatic carbocycles. The summed E-state index contributed by atoms with van der Waals surface area (Å²) < 4.78 is 16.1. The summed E-state index contributed by atoms with van der Waals surface area (Å²) in [6, 6.07) is 14.3. The fourth-order valence-electron chi connectivity index (χ4n) is 2.96.